The van der Waals surface area contributed by atoms with Gasteiger partial charge in [0.05, 0.1) is 29.6 Å². The molecular formula is C29H27FN4O6S. The molecule has 0 atom stereocenters. The number of rotatable bonds is 12. The van der Waals surface area contributed by atoms with Gasteiger partial charge in [0, 0.05) is 0 Å². The van der Waals surface area contributed by atoms with Crippen molar-refractivity contribution in [2.24, 2.45) is 5.10 Å². The number of carbonyl (C=O) groups is 2. The first-order chi connectivity index (χ1) is 19.7. The van der Waals surface area contributed by atoms with Crippen LogP contribution in [0.1, 0.15) is 16.9 Å². The Morgan fingerprint density at radius 2 is 1.68 bits per heavy atom. The van der Waals surface area contributed by atoms with Crippen LogP contribution >= 0.6 is 0 Å². The summed E-state index contributed by atoms with van der Waals surface area (Å²) in [5, 5.41) is 6.59. The molecule has 0 aliphatic rings. The molecule has 0 spiro atoms. The maximum atomic E-state index is 13.4. The molecular weight excluding hydrogens is 551 g/mol. The van der Waals surface area contributed by atoms with Crippen molar-refractivity contribution in [1.82, 2.24) is 10.7 Å². The largest absolute Gasteiger partial charge is 0.484 e. The van der Waals surface area contributed by atoms with E-state index in [0.717, 1.165) is 34.1 Å². The molecule has 0 unspecified atom stereocenters. The molecule has 1 aromatic heterocycles. The van der Waals surface area contributed by atoms with Gasteiger partial charge in [0.1, 0.15) is 23.9 Å². The van der Waals surface area contributed by atoms with Gasteiger partial charge in [-0.1, -0.05) is 17.7 Å². The molecule has 0 bridgehead atoms. The smallest absolute Gasteiger partial charge is 0.264 e. The van der Waals surface area contributed by atoms with E-state index in [9.17, 15) is 22.4 Å². The van der Waals surface area contributed by atoms with Crippen molar-refractivity contribution in [3.63, 3.8) is 0 Å². The van der Waals surface area contributed by atoms with Crippen molar-refractivity contribution in [2.75, 3.05) is 17.5 Å². The van der Waals surface area contributed by atoms with Crippen LogP contribution in [-0.2, 0) is 26.2 Å². The number of amides is 2. The van der Waals surface area contributed by atoms with Crippen molar-refractivity contribution in [3.8, 4) is 5.75 Å². The third-order valence-corrected chi connectivity index (χ3v) is 7.49. The lowest BCUT2D eigenvalue weighted by Gasteiger charge is -2.23. The molecule has 212 valence electrons. The van der Waals surface area contributed by atoms with Crippen LogP contribution in [0.2, 0.25) is 0 Å². The van der Waals surface area contributed by atoms with Crippen LogP contribution in [0.15, 0.2) is 106 Å². The zero-order valence-electron chi connectivity index (χ0n) is 22.0. The Labute approximate surface area is 236 Å². The van der Waals surface area contributed by atoms with E-state index in [-0.39, 0.29) is 29.6 Å². The fraction of sp³-hybridized carbons (Fsp3) is 0.138. The van der Waals surface area contributed by atoms with Crippen molar-refractivity contribution in [3.05, 3.63) is 114 Å². The predicted octanol–water partition coefficient (Wildman–Crippen LogP) is 3.77. The Morgan fingerprint density at radius 3 is 2.34 bits per heavy atom. The summed E-state index contributed by atoms with van der Waals surface area (Å²) in [4.78, 5) is 24.5. The number of hydrogen-bond acceptors (Lipinski definition) is 7. The van der Waals surface area contributed by atoms with Gasteiger partial charge in [0.15, 0.2) is 6.61 Å². The summed E-state index contributed by atoms with van der Waals surface area (Å²) < 4.78 is 51.6. The zero-order valence-corrected chi connectivity index (χ0v) is 22.8. The number of aryl methyl sites for hydroxylation is 1. The fourth-order valence-corrected chi connectivity index (χ4v) is 4.97. The second kappa shape index (κ2) is 13.4. The number of sulfonamides is 1. The highest BCUT2D eigenvalue weighted by Crippen LogP contribution is 2.24. The molecule has 0 fully saturated rings. The van der Waals surface area contributed by atoms with Crippen molar-refractivity contribution < 1.29 is 31.6 Å². The quantitative estimate of drug-likeness (QED) is 0.194. The number of hydrogen-bond donors (Lipinski definition) is 2. The Morgan fingerprint density at radius 1 is 0.976 bits per heavy atom. The summed E-state index contributed by atoms with van der Waals surface area (Å²) in [6.07, 6.45) is 2.90. The summed E-state index contributed by atoms with van der Waals surface area (Å²) in [5.74, 6) is -0.487. The van der Waals surface area contributed by atoms with Crippen LogP contribution < -0.4 is 19.8 Å². The molecule has 4 aromatic rings. The van der Waals surface area contributed by atoms with E-state index >= 15 is 0 Å². The number of furan rings is 1. The van der Waals surface area contributed by atoms with Crippen LogP contribution in [0.3, 0.4) is 0 Å². The van der Waals surface area contributed by atoms with Gasteiger partial charge in [-0.05, 0) is 85.3 Å². The van der Waals surface area contributed by atoms with Gasteiger partial charge >= 0.3 is 0 Å². The first-order valence-corrected chi connectivity index (χ1v) is 13.8. The molecule has 4 rings (SSSR count). The number of halogens is 1. The van der Waals surface area contributed by atoms with E-state index in [2.05, 4.69) is 15.8 Å². The molecule has 12 heteroatoms. The lowest BCUT2D eigenvalue weighted by atomic mass is 10.2. The van der Waals surface area contributed by atoms with Crippen molar-refractivity contribution in [2.45, 2.75) is 18.4 Å². The summed E-state index contributed by atoms with van der Waals surface area (Å²) in [7, 11) is -4.18. The van der Waals surface area contributed by atoms with Gasteiger partial charge in [0.25, 0.3) is 21.8 Å². The number of benzene rings is 3. The number of nitrogens with one attached hydrogen (secondary N) is 2. The Kier molecular flexibility index (Phi) is 9.48. The van der Waals surface area contributed by atoms with Gasteiger partial charge in [-0.25, -0.2) is 18.2 Å². The fourth-order valence-electron chi connectivity index (χ4n) is 3.55. The lowest BCUT2D eigenvalue weighted by molar-refractivity contribution is -0.123. The van der Waals surface area contributed by atoms with Crippen LogP contribution in [0.4, 0.5) is 10.1 Å². The molecule has 1 heterocycles. The number of nitrogens with zero attached hydrogens (tertiary/aromatic N) is 2. The maximum Gasteiger partial charge on any atom is 0.264 e. The zero-order chi connectivity index (χ0) is 29.2. The predicted molar refractivity (Wildman–Crippen MR) is 150 cm³/mol. The first-order valence-electron chi connectivity index (χ1n) is 12.4. The topological polar surface area (TPSA) is 130 Å². The second-order valence-electron chi connectivity index (χ2n) is 8.81. The van der Waals surface area contributed by atoms with E-state index in [0.29, 0.717) is 17.1 Å². The van der Waals surface area contributed by atoms with Gasteiger partial charge < -0.3 is 14.5 Å². The molecule has 0 aliphatic carbocycles. The van der Waals surface area contributed by atoms with Crippen LogP contribution in [-0.4, -0.2) is 39.6 Å². The minimum atomic E-state index is -4.18. The highest BCUT2D eigenvalue weighted by Gasteiger charge is 2.27. The molecule has 0 aliphatic heterocycles. The molecule has 2 N–H and O–H groups in total. The van der Waals surface area contributed by atoms with Gasteiger partial charge in [-0.15, -0.1) is 0 Å². The minimum absolute atomic E-state index is 0.159. The first kappa shape index (κ1) is 29.0. The second-order valence-corrected chi connectivity index (χ2v) is 10.7. The monoisotopic (exact) mass is 578 g/mol. The highest BCUT2D eigenvalue weighted by molar-refractivity contribution is 7.92. The number of anilines is 1. The summed E-state index contributed by atoms with van der Waals surface area (Å²) in [6.45, 7) is 1.37. The molecule has 10 nitrogen and oxygen atoms in total. The van der Waals surface area contributed by atoms with Gasteiger partial charge in [-0.2, -0.15) is 5.10 Å². The maximum absolute atomic E-state index is 13.4. The van der Waals surface area contributed by atoms with Crippen LogP contribution in [0, 0.1) is 12.7 Å². The van der Waals surface area contributed by atoms with E-state index < -0.39 is 28.3 Å². The van der Waals surface area contributed by atoms with E-state index in [1.165, 1.54) is 12.5 Å². The normalized spacial score (nSPS) is 11.3. The standard InChI is InChI=1S/C29H27FN4O6S/c1-21-4-10-24(11-5-21)34(41(37,38)27-14-8-23(30)9-15-27)19-28(35)33-32-17-22-6-12-25(13-7-22)40-20-29(36)31-18-26-3-2-16-39-26/h2-17H,18-20H2,1H3,(H,31,36)(H,33,35)/b32-17-. The third kappa shape index (κ3) is 8.26. The Balaban J connectivity index is 1.33. The average Bonchev–Trinajstić information content (AvgIpc) is 3.49. The molecule has 41 heavy (non-hydrogen) atoms. The Bertz CT molecular complexity index is 1590. The van der Waals surface area contributed by atoms with Gasteiger partial charge in [0.2, 0.25) is 0 Å². The molecule has 0 saturated carbocycles. The third-order valence-electron chi connectivity index (χ3n) is 5.70. The van der Waals surface area contributed by atoms with E-state index in [4.69, 9.17) is 9.15 Å². The molecule has 0 radical (unpaired) electrons. The Hall–Kier alpha value is -4.97. The van der Waals surface area contributed by atoms with Crippen molar-refractivity contribution in [1.29, 1.82) is 0 Å². The number of hydrazone groups is 1. The summed E-state index contributed by atoms with van der Waals surface area (Å²) in [6, 6.07) is 21.1. The molecule has 0 saturated heterocycles. The number of carbonyl (C=O) groups excluding carboxylic acids is 2. The molecule has 2 amide bonds. The van der Waals surface area contributed by atoms with Crippen molar-refractivity contribution >= 4 is 33.7 Å². The minimum Gasteiger partial charge on any atom is -0.484 e. The number of ether oxygens (including phenoxy) is 1. The SMILES string of the molecule is Cc1ccc(N(CC(=O)N/N=C\c2ccc(OCC(=O)NCc3ccco3)cc2)S(=O)(=O)c2ccc(F)cc2)cc1. The molecule has 3 aromatic carbocycles. The average molecular weight is 579 g/mol. The summed E-state index contributed by atoms with van der Waals surface area (Å²) >= 11 is 0. The van der Waals surface area contributed by atoms with Crippen LogP contribution in [0.25, 0.3) is 0 Å². The summed E-state index contributed by atoms with van der Waals surface area (Å²) in [5.41, 5.74) is 4.12. The highest BCUT2D eigenvalue weighted by atomic mass is 32.2. The van der Waals surface area contributed by atoms with Crippen LogP contribution in [0.5, 0.6) is 5.75 Å². The van der Waals surface area contributed by atoms with Gasteiger partial charge in [-0.3, -0.25) is 13.9 Å². The lowest BCUT2D eigenvalue weighted by Crippen LogP contribution is -2.39. The van der Waals surface area contributed by atoms with E-state index in [1.54, 1.807) is 60.7 Å². The van der Waals surface area contributed by atoms with E-state index in [1.807, 2.05) is 6.92 Å².